The molecule has 140 valence electrons. The van der Waals surface area contributed by atoms with Crippen LogP contribution in [0.25, 0.3) is 5.82 Å². The standard InChI is InChI=1S/C18H17F3N6/c19-18(20,21)15-6-5-14(13-22-15)25-9-11-26(12-10-25)16-3-1-4-17(24-16)27-8-2-7-23-27/h1-8,13H,9-12H2. The highest BCUT2D eigenvalue weighted by molar-refractivity contribution is 5.49. The first-order valence-electron chi connectivity index (χ1n) is 8.51. The molecule has 4 heterocycles. The molecule has 0 spiro atoms. The molecule has 1 aliphatic heterocycles. The topological polar surface area (TPSA) is 50.1 Å². The molecule has 0 saturated carbocycles. The lowest BCUT2D eigenvalue weighted by molar-refractivity contribution is -0.141. The van der Waals surface area contributed by atoms with Gasteiger partial charge in [-0.1, -0.05) is 6.07 Å². The monoisotopic (exact) mass is 374 g/mol. The maximum absolute atomic E-state index is 12.6. The van der Waals surface area contributed by atoms with E-state index in [1.807, 2.05) is 35.4 Å². The van der Waals surface area contributed by atoms with E-state index in [1.165, 1.54) is 12.3 Å². The summed E-state index contributed by atoms with van der Waals surface area (Å²) in [7, 11) is 0. The van der Waals surface area contributed by atoms with Gasteiger partial charge in [0.15, 0.2) is 5.82 Å². The fraction of sp³-hybridized carbons (Fsp3) is 0.278. The van der Waals surface area contributed by atoms with Gasteiger partial charge in [0.2, 0.25) is 0 Å². The number of nitrogens with zero attached hydrogens (tertiary/aromatic N) is 6. The summed E-state index contributed by atoms with van der Waals surface area (Å²) >= 11 is 0. The van der Waals surface area contributed by atoms with Crippen LogP contribution < -0.4 is 9.80 Å². The van der Waals surface area contributed by atoms with Crippen molar-refractivity contribution in [3.63, 3.8) is 0 Å². The lowest BCUT2D eigenvalue weighted by Gasteiger charge is -2.36. The zero-order valence-electron chi connectivity index (χ0n) is 14.3. The van der Waals surface area contributed by atoms with Gasteiger partial charge < -0.3 is 9.80 Å². The van der Waals surface area contributed by atoms with Crippen LogP contribution >= 0.6 is 0 Å². The van der Waals surface area contributed by atoms with Gasteiger partial charge in [-0.25, -0.2) is 14.6 Å². The molecule has 1 aliphatic rings. The molecule has 3 aromatic rings. The van der Waals surface area contributed by atoms with E-state index in [4.69, 9.17) is 0 Å². The highest BCUT2D eigenvalue weighted by atomic mass is 19.4. The van der Waals surface area contributed by atoms with Crippen molar-refractivity contribution >= 4 is 11.5 Å². The third kappa shape index (κ3) is 3.71. The third-order valence-electron chi connectivity index (χ3n) is 4.47. The highest BCUT2D eigenvalue weighted by Gasteiger charge is 2.32. The number of anilines is 2. The number of rotatable bonds is 3. The van der Waals surface area contributed by atoms with Gasteiger partial charge in [0, 0.05) is 38.6 Å². The molecular formula is C18H17F3N6. The predicted molar refractivity (Wildman–Crippen MR) is 95.0 cm³/mol. The molecule has 1 saturated heterocycles. The van der Waals surface area contributed by atoms with Crippen molar-refractivity contribution in [1.82, 2.24) is 19.7 Å². The fourth-order valence-electron chi connectivity index (χ4n) is 3.05. The van der Waals surface area contributed by atoms with Gasteiger partial charge >= 0.3 is 6.18 Å². The normalized spacial score (nSPS) is 15.2. The van der Waals surface area contributed by atoms with Crippen molar-refractivity contribution in [3.05, 3.63) is 60.7 Å². The van der Waals surface area contributed by atoms with Crippen molar-refractivity contribution in [2.45, 2.75) is 6.18 Å². The van der Waals surface area contributed by atoms with E-state index in [1.54, 1.807) is 10.9 Å². The van der Waals surface area contributed by atoms with E-state index in [-0.39, 0.29) is 0 Å². The lowest BCUT2D eigenvalue weighted by Crippen LogP contribution is -2.47. The minimum Gasteiger partial charge on any atom is -0.367 e. The summed E-state index contributed by atoms with van der Waals surface area (Å²) in [4.78, 5) is 12.4. The Balaban J connectivity index is 1.43. The summed E-state index contributed by atoms with van der Waals surface area (Å²) < 4.78 is 39.6. The molecule has 27 heavy (non-hydrogen) atoms. The van der Waals surface area contributed by atoms with E-state index in [0.717, 1.165) is 30.8 Å². The average Bonchev–Trinajstić information content (AvgIpc) is 3.23. The highest BCUT2D eigenvalue weighted by Crippen LogP contribution is 2.28. The summed E-state index contributed by atoms with van der Waals surface area (Å²) in [6, 6.07) is 10.1. The number of halogens is 3. The fourth-order valence-corrected chi connectivity index (χ4v) is 3.05. The average molecular weight is 374 g/mol. The van der Waals surface area contributed by atoms with Crippen molar-refractivity contribution < 1.29 is 13.2 Å². The molecule has 6 nitrogen and oxygen atoms in total. The lowest BCUT2D eigenvalue weighted by atomic mass is 10.2. The van der Waals surface area contributed by atoms with Crippen LogP contribution in [0.2, 0.25) is 0 Å². The zero-order valence-corrected chi connectivity index (χ0v) is 14.3. The number of alkyl halides is 3. The molecule has 0 aromatic carbocycles. The second-order valence-electron chi connectivity index (χ2n) is 6.18. The van der Waals surface area contributed by atoms with E-state index < -0.39 is 11.9 Å². The van der Waals surface area contributed by atoms with E-state index in [2.05, 4.69) is 20.0 Å². The maximum atomic E-state index is 12.6. The molecular weight excluding hydrogens is 357 g/mol. The molecule has 0 radical (unpaired) electrons. The van der Waals surface area contributed by atoms with E-state index >= 15 is 0 Å². The first-order chi connectivity index (χ1) is 13.0. The Bertz CT molecular complexity index is 884. The van der Waals surface area contributed by atoms with Gasteiger partial charge in [-0.15, -0.1) is 0 Å². The van der Waals surface area contributed by atoms with Gasteiger partial charge in [-0.3, -0.25) is 0 Å². The van der Waals surface area contributed by atoms with Gasteiger partial charge in [0.25, 0.3) is 0 Å². The Morgan fingerprint density at radius 2 is 1.59 bits per heavy atom. The SMILES string of the molecule is FC(F)(F)c1ccc(N2CCN(c3cccc(-n4cccn4)n3)CC2)cn1. The number of pyridine rings is 2. The molecule has 0 atom stereocenters. The maximum Gasteiger partial charge on any atom is 0.433 e. The van der Waals surface area contributed by atoms with Crippen molar-refractivity contribution in [2.24, 2.45) is 0 Å². The predicted octanol–water partition coefficient (Wildman–Crippen LogP) is 3.01. The van der Waals surface area contributed by atoms with Crippen LogP contribution in [-0.2, 0) is 6.18 Å². The van der Waals surface area contributed by atoms with Crippen LogP contribution in [0.4, 0.5) is 24.7 Å². The molecule has 0 unspecified atom stereocenters. The van der Waals surface area contributed by atoms with Crippen molar-refractivity contribution in [3.8, 4) is 5.82 Å². The number of hydrogen-bond donors (Lipinski definition) is 0. The van der Waals surface area contributed by atoms with E-state index in [9.17, 15) is 13.2 Å². The number of piperazine rings is 1. The molecule has 4 rings (SSSR count). The van der Waals surface area contributed by atoms with Crippen LogP contribution in [0, 0.1) is 0 Å². The summed E-state index contributed by atoms with van der Waals surface area (Å²) in [6.07, 6.45) is 0.407. The third-order valence-corrected chi connectivity index (χ3v) is 4.47. The molecule has 0 bridgehead atoms. The first kappa shape index (κ1) is 17.3. The summed E-state index contributed by atoms with van der Waals surface area (Å²) in [5, 5.41) is 4.19. The Morgan fingerprint density at radius 3 is 2.22 bits per heavy atom. The van der Waals surface area contributed by atoms with Gasteiger partial charge in [0.1, 0.15) is 11.5 Å². The quantitative estimate of drug-likeness (QED) is 0.705. The molecule has 0 N–H and O–H groups in total. The molecule has 9 heteroatoms. The zero-order chi connectivity index (χ0) is 18.9. The van der Waals surface area contributed by atoms with Crippen molar-refractivity contribution in [2.75, 3.05) is 36.0 Å². The summed E-state index contributed by atoms with van der Waals surface area (Å²) in [6.45, 7) is 2.80. The summed E-state index contributed by atoms with van der Waals surface area (Å²) in [5.74, 6) is 1.60. The van der Waals surface area contributed by atoms with Crippen LogP contribution in [0.3, 0.4) is 0 Å². The van der Waals surface area contributed by atoms with Gasteiger partial charge in [-0.05, 0) is 30.3 Å². The minimum atomic E-state index is -4.41. The second kappa shape index (κ2) is 6.90. The second-order valence-corrected chi connectivity index (χ2v) is 6.18. The Morgan fingerprint density at radius 1 is 0.852 bits per heavy atom. The summed E-state index contributed by atoms with van der Waals surface area (Å²) in [5.41, 5.74) is -0.176. The van der Waals surface area contributed by atoms with Gasteiger partial charge in [-0.2, -0.15) is 18.3 Å². The van der Waals surface area contributed by atoms with Gasteiger partial charge in [0.05, 0.1) is 11.9 Å². The molecule has 0 aliphatic carbocycles. The van der Waals surface area contributed by atoms with Crippen LogP contribution in [-0.4, -0.2) is 45.9 Å². The van der Waals surface area contributed by atoms with Crippen LogP contribution in [0.5, 0.6) is 0 Å². The Hall–Kier alpha value is -3.10. The van der Waals surface area contributed by atoms with E-state index in [0.29, 0.717) is 18.8 Å². The number of hydrogen-bond acceptors (Lipinski definition) is 5. The Kier molecular flexibility index (Phi) is 4.43. The smallest absolute Gasteiger partial charge is 0.367 e. The minimum absolute atomic E-state index is 0.681. The van der Waals surface area contributed by atoms with Crippen molar-refractivity contribution in [1.29, 1.82) is 0 Å². The molecule has 3 aromatic heterocycles. The first-order valence-corrected chi connectivity index (χ1v) is 8.51. The van der Waals surface area contributed by atoms with Crippen LogP contribution in [0.15, 0.2) is 55.0 Å². The molecule has 0 amide bonds. The largest absolute Gasteiger partial charge is 0.433 e. The van der Waals surface area contributed by atoms with Crippen LogP contribution in [0.1, 0.15) is 5.69 Å². The Labute approximate surface area is 153 Å². The number of aromatic nitrogens is 4. The molecule has 1 fully saturated rings.